The molecule has 6 heteroatoms. The number of methoxy groups -OCH3 is 1. The van der Waals surface area contributed by atoms with Crippen molar-refractivity contribution in [3.63, 3.8) is 0 Å². The van der Waals surface area contributed by atoms with E-state index in [1.807, 2.05) is 6.07 Å². The third kappa shape index (κ3) is 5.73. The van der Waals surface area contributed by atoms with Crippen LogP contribution in [0.25, 0.3) is 0 Å². The lowest BCUT2D eigenvalue weighted by Crippen LogP contribution is -2.43. The molecule has 6 nitrogen and oxygen atoms in total. The molecule has 1 aliphatic carbocycles. The summed E-state index contributed by atoms with van der Waals surface area (Å²) in [5.41, 5.74) is 1.10. The van der Waals surface area contributed by atoms with E-state index >= 15 is 0 Å². The zero-order valence-corrected chi connectivity index (χ0v) is 16.9. The number of carbonyl (C=O) groups is 2. The molecular formula is C23H28N2O4. The number of rotatable bonds is 7. The topological polar surface area (TPSA) is 76.7 Å². The molecule has 0 bridgehead atoms. The van der Waals surface area contributed by atoms with Crippen molar-refractivity contribution in [1.29, 1.82) is 0 Å². The molecule has 2 aromatic carbocycles. The van der Waals surface area contributed by atoms with Crippen molar-refractivity contribution in [2.24, 2.45) is 5.92 Å². The number of anilines is 1. The first kappa shape index (κ1) is 20.7. The van der Waals surface area contributed by atoms with E-state index in [-0.39, 0.29) is 24.5 Å². The highest BCUT2D eigenvalue weighted by Crippen LogP contribution is 2.24. The first-order valence-electron chi connectivity index (χ1n) is 10.0. The molecule has 2 N–H and O–H groups in total. The van der Waals surface area contributed by atoms with Gasteiger partial charge in [0.2, 0.25) is 0 Å². The van der Waals surface area contributed by atoms with E-state index < -0.39 is 0 Å². The second kappa shape index (κ2) is 9.96. The second-order valence-corrected chi connectivity index (χ2v) is 7.40. The smallest absolute Gasteiger partial charge is 0.259 e. The van der Waals surface area contributed by atoms with Gasteiger partial charge in [0.05, 0.1) is 12.7 Å². The third-order valence-electron chi connectivity index (χ3n) is 5.29. The van der Waals surface area contributed by atoms with Crippen LogP contribution in [-0.2, 0) is 4.79 Å². The molecule has 0 saturated heterocycles. The Morgan fingerprint density at radius 1 is 1.03 bits per heavy atom. The van der Waals surface area contributed by atoms with Crippen molar-refractivity contribution in [3.8, 4) is 11.5 Å². The fourth-order valence-electron chi connectivity index (χ4n) is 3.59. The largest absolute Gasteiger partial charge is 0.496 e. The lowest BCUT2D eigenvalue weighted by Gasteiger charge is -2.29. The molecule has 1 fully saturated rings. The predicted molar refractivity (Wildman–Crippen MR) is 112 cm³/mol. The van der Waals surface area contributed by atoms with Crippen LogP contribution in [0.2, 0.25) is 0 Å². The zero-order chi connectivity index (χ0) is 20.6. The van der Waals surface area contributed by atoms with E-state index in [1.165, 1.54) is 13.5 Å². The van der Waals surface area contributed by atoms with Gasteiger partial charge < -0.3 is 20.1 Å². The Kier molecular flexibility index (Phi) is 7.11. The highest BCUT2D eigenvalue weighted by atomic mass is 16.5. The average molecular weight is 396 g/mol. The predicted octanol–water partition coefficient (Wildman–Crippen LogP) is 4.02. The fourth-order valence-corrected chi connectivity index (χ4v) is 3.59. The molecule has 0 aromatic heterocycles. The molecule has 29 heavy (non-hydrogen) atoms. The number of benzene rings is 2. The quantitative estimate of drug-likeness (QED) is 0.741. The van der Waals surface area contributed by atoms with Gasteiger partial charge in [-0.1, -0.05) is 31.9 Å². The molecule has 2 aromatic rings. The van der Waals surface area contributed by atoms with Crippen LogP contribution in [0.4, 0.5) is 5.69 Å². The molecule has 3 rings (SSSR count). The molecule has 154 valence electrons. The monoisotopic (exact) mass is 396 g/mol. The number of hydrogen-bond acceptors (Lipinski definition) is 4. The minimum atomic E-state index is -0.253. The Labute approximate surface area is 171 Å². The van der Waals surface area contributed by atoms with E-state index in [1.54, 1.807) is 42.5 Å². The summed E-state index contributed by atoms with van der Waals surface area (Å²) in [5.74, 6) is 1.25. The molecule has 0 radical (unpaired) electrons. The van der Waals surface area contributed by atoms with Crippen molar-refractivity contribution in [3.05, 3.63) is 54.1 Å². The van der Waals surface area contributed by atoms with E-state index in [0.717, 1.165) is 19.3 Å². The van der Waals surface area contributed by atoms with Gasteiger partial charge in [0.25, 0.3) is 11.8 Å². The third-order valence-corrected chi connectivity index (χ3v) is 5.29. The summed E-state index contributed by atoms with van der Waals surface area (Å²) in [7, 11) is 1.53. The average Bonchev–Trinajstić information content (AvgIpc) is 2.75. The molecule has 2 amide bonds. The van der Waals surface area contributed by atoms with E-state index in [2.05, 4.69) is 17.6 Å². The van der Waals surface area contributed by atoms with E-state index in [0.29, 0.717) is 28.7 Å². The van der Waals surface area contributed by atoms with Gasteiger partial charge in [0, 0.05) is 11.7 Å². The van der Waals surface area contributed by atoms with Gasteiger partial charge >= 0.3 is 0 Å². The van der Waals surface area contributed by atoms with Crippen molar-refractivity contribution >= 4 is 17.5 Å². The van der Waals surface area contributed by atoms with Gasteiger partial charge in [0.15, 0.2) is 6.61 Å². The maximum absolute atomic E-state index is 12.4. The van der Waals surface area contributed by atoms with Gasteiger partial charge in [-0.15, -0.1) is 0 Å². The number of amides is 2. The highest BCUT2D eigenvalue weighted by Gasteiger charge is 2.22. The van der Waals surface area contributed by atoms with Crippen LogP contribution in [0.15, 0.2) is 48.5 Å². The van der Waals surface area contributed by atoms with Crippen LogP contribution < -0.4 is 20.1 Å². The second-order valence-electron chi connectivity index (χ2n) is 7.40. The van der Waals surface area contributed by atoms with Gasteiger partial charge in [-0.2, -0.15) is 0 Å². The first-order chi connectivity index (χ1) is 14.1. The SMILES string of the molecule is COc1ccccc1C(=O)Nc1ccc(OCC(=O)N[C@H]2CCCC[C@@H]2C)cc1. The van der Waals surface area contributed by atoms with Gasteiger partial charge in [-0.05, 0) is 55.2 Å². The van der Waals surface area contributed by atoms with E-state index in [9.17, 15) is 9.59 Å². The normalized spacial score (nSPS) is 18.6. The minimum Gasteiger partial charge on any atom is -0.496 e. The number of carbonyl (C=O) groups excluding carboxylic acids is 2. The van der Waals surface area contributed by atoms with Crippen molar-refractivity contribution in [2.45, 2.75) is 38.6 Å². The summed E-state index contributed by atoms with van der Waals surface area (Å²) < 4.78 is 10.8. The number of para-hydroxylation sites is 1. The van der Waals surface area contributed by atoms with Crippen molar-refractivity contribution in [2.75, 3.05) is 19.0 Å². The molecule has 1 aliphatic rings. The van der Waals surface area contributed by atoms with Crippen LogP contribution in [0.1, 0.15) is 43.0 Å². The summed E-state index contributed by atoms with van der Waals surface area (Å²) in [6.07, 6.45) is 4.60. The summed E-state index contributed by atoms with van der Waals surface area (Å²) in [6, 6.07) is 14.2. The lowest BCUT2D eigenvalue weighted by molar-refractivity contribution is -0.124. The number of hydrogen-bond donors (Lipinski definition) is 2. The molecule has 0 spiro atoms. The molecule has 0 aliphatic heterocycles. The Morgan fingerprint density at radius 2 is 1.76 bits per heavy atom. The highest BCUT2D eigenvalue weighted by molar-refractivity contribution is 6.06. The molecule has 2 atom stereocenters. The molecular weight excluding hydrogens is 368 g/mol. The Hall–Kier alpha value is -3.02. The van der Waals surface area contributed by atoms with Gasteiger partial charge in [0.1, 0.15) is 11.5 Å². The maximum Gasteiger partial charge on any atom is 0.259 e. The number of ether oxygens (including phenoxy) is 2. The Balaban J connectivity index is 1.49. The fraction of sp³-hybridized carbons (Fsp3) is 0.391. The number of nitrogens with one attached hydrogen (secondary N) is 2. The summed E-state index contributed by atoms with van der Waals surface area (Å²) in [6.45, 7) is 2.17. The first-order valence-corrected chi connectivity index (χ1v) is 10.0. The zero-order valence-electron chi connectivity index (χ0n) is 16.9. The van der Waals surface area contributed by atoms with Crippen LogP contribution in [0.5, 0.6) is 11.5 Å². The Morgan fingerprint density at radius 3 is 2.48 bits per heavy atom. The maximum atomic E-state index is 12.4. The summed E-state index contributed by atoms with van der Waals surface area (Å²) in [4.78, 5) is 24.6. The van der Waals surface area contributed by atoms with Crippen molar-refractivity contribution in [1.82, 2.24) is 5.32 Å². The van der Waals surface area contributed by atoms with Gasteiger partial charge in [-0.25, -0.2) is 0 Å². The summed E-state index contributed by atoms with van der Waals surface area (Å²) in [5, 5.41) is 5.90. The summed E-state index contributed by atoms with van der Waals surface area (Å²) >= 11 is 0. The van der Waals surface area contributed by atoms with Crippen molar-refractivity contribution < 1.29 is 19.1 Å². The minimum absolute atomic E-state index is 0.0177. The van der Waals surface area contributed by atoms with Crippen LogP contribution in [0, 0.1) is 5.92 Å². The van der Waals surface area contributed by atoms with E-state index in [4.69, 9.17) is 9.47 Å². The van der Waals surface area contributed by atoms with Crippen LogP contribution in [0.3, 0.4) is 0 Å². The van der Waals surface area contributed by atoms with Crippen LogP contribution >= 0.6 is 0 Å². The molecule has 0 heterocycles. The Bertz CT molecular complexity index is 835. The standard InChI is InChI=1S/C23H28N2O4/c1-16-7-3-5-9-20(16)25-22(26)15-29-18-13-11-17(12-14-18)24-23(27)19-8-4-6-10-21(19)28-2/h4,6,8,10-14,16,20H,3,5,7,9,15H2,1-2H3,(H,24,27)(H,25,26)/t16-,20-/m0/s1. The molecule has 0 unspecified atom stereocenters. The van der Waals surface area contributed by atoms with Crippen LogP contribution in [-0.4, -0.2) is 31.6 Å². The van der Waals surface area contributed by atoms with Gasteiger partial charge in [-0.3, -0.25) is 9.59 Å². The lowest BCUT2D eigenvalue weighted by atomic mass is 9.86. The molecule has 1 saturated carbocycles.